The zero-order valence-corrected chi connectivity index (χ0v) is 8.31. The van der Waals surface area contributed by atoms with Crippen molar-refractivity contribution in [1.29, 1.82) is 0 Å². The second-order valence-corrected chi connectivity index (χ2v) is 3.67. The Bertz CT molecular complexity index is 149. The van der Waals surface area contributed by atoms with Gasteiger partial charge in [0.25, 0.3) is 0 Å². The third-order valence-corrected chi connectivity index (χ3v) is 2.44. The molecule has 0 aliphatic heterocycles. The normalized spacial score (nSPS) is 23.8. The lowest BCUT2D eigenvalue weighted by Crippen LogP contribution is -2.15. The molecule has 0 N–H and O–H groups in total. The van der Waals surface area contributed by atoms with Crippen molar-refractivity contribution in [3.8, 4) is 0 Å². The van der Waals surface area contributed by atoms with Crippen molar-refractivity contribution in [2.45, 2.75) is 52.1 Å². The first-order chi connectivity index (χ1) is 5.83. The summed E-state index contributed by atoms with van der Waals surface area (Å²) in [6.45, 7) is 5.37. The standard InChI is InChI=1S/C11H20O/c1-3-4-9-12-11-7-5-10(2)6-8-11/h5,11H,3-4,6-9H2,1-2H3. The van der Waals surface area contributed by atoms with E-state index >= 15 is 0 Å². The lowest BCUT2D eigenvalue weighted by molar-refractivity contribution is 0.0448. The smallest absolute Gasteiger partial charge is 0.0612 e. The molecule has 0 saturated heterocycles. The SMILES string of the molecule is CCCCOC1CC=C(C)CC1. The highest BCUT2D eigenvalue weighted by Gasteiger charge is 2.11. The van der Waals surface area contributed by atoms with Crippen LogP contribution in [0.1, 0.15) is 46.0 Å². The van der Waals surface area contributed by atoms with E-state index in [-0.39, 0.29) is 0 Å². The van der Waals surface area contributed by atoms with Gasteiger partial charge < -0.3 is 4.74 Å². The number of hydrogen-bond acceptors (Lipinski definition) is 1. The molecular formula is C11H20O. The molecule has 1 aliphatic rings. The van der Waals surface area contributed by atoms with Gasteiger partial charge in [-0.3, -0.25) is 0 Å². The second kappa shape index (κ2) is 5.36. The molecule has 0 aromatic rings. The van der Waals surface area contributed by atoms with Gasteiger partial charge in [0.2, 0.25) is 0 Å². The average molecular weight is 168 g/mol. The van der Waals surface area contributed by atoms with Gasteiger partial charge in [0.05, 0.1) is 6.10 Å². The average Bonchev–Trinajstić information content (AvgIpc) is 2.09. The number of ether oxygens (including phenoxy) is 1. The van der Waals surface area contributed by atoms with E-state index in [2.05, 4.69) is 19.9 Å². The number of allylic oxidation sites excluding steroid dienone is 1. The van der Waals surface area contributed by atoms with Gasteiger partial charge in [-0.2, -0.15) is 0 Å². The predicted octanol–water partition coefficient (Wildman–Crippen LogP) is 3.30. The minimum atomic E-state index is 0.514. The summed E-state index contributed by atoms with van der Waals surface area (Å²) in [7, 11) is 0. The third kappa shape index (κ3) is 3.40. The first-order valence-electron chi connectivity index (χ1n) is 5.10. The summed E-state index contributed by atoms with van der Waals surface area (Å²) in [6, 6.07) is 0. The predicted molar refractivity (Wildman–Crippen MR) is 52.3 cm³/mol. The zero-order valence-electron chi connectivity index (χ0n) is 8.31. The van der Waals surface area contributed by atoms with Crippen molar-refractivity contribution >= 4 is 0 Å². The molecule has 1 rings (SSSR count). The van der Waals surface area contributed by atoms with Crippen LogP contribution in [0.4, 0.5) is 0 Å². The Labute approximate surface area is 75.8 Å². The summed E-state index contributed by atoms with van der Waals surface area (Å²) in [6.07, 6.45) is 8.87. The maximum absolute atomic E-state index is 5.73. The van der Waals surface area contributed by atoms with E-state index in [0.29, 0.717) is 6.10 Å². The topological polar surface area (TPSA) is 9.23 Å². The van der Waals surface area contributed by atoms with E-state index in [0.717, 1.165) is 13.0 Å². The molecule has 1 atom stereocenters. The van der Waals surface area contributed by atoms with E-state index in [1.54, 1.807) is 0 Å². The van der Waals surface area contributed by atoms with Gasteiger partial charge in [-0.05, 0) is 32.6 Å². The largest absolute Gasteiger partial charge is 0.378 e. The highest BCUT2D eigenvalue weighted by Crippen LogP contribution is 2.19. The Morgan fingerprint density at radius 1 is 1.58 bits per heavy atom. The molecule has 0 amide bonds. The lowest BCUT2D eigenvalue weighted by atomic mass is 9.98. The minimum Gasteiger partial charge on any atom is -0.378 e. The van der Waals surface area contributed by atoms with Crippen LogP contribution >= 0.6 is 0 Å². The first kappa shape index (κ1) is 9.79. The maximum Gasteiger partial charge on any atom is 0.0612 e. The van der Waals surface area contributed by atoms with Crippen molar-refractivity contribution in [3.63, 3.8) is 0 Å². The van der Waals surface area contributed by atoms with Gasteiger partial charge in [-0.15, -0.1) is 0 Å². The fraction of sp³-hybridized carbons (Fsp3) is 0.818. The monoisotopic (exact) mass is 168 g/mol. The Balaban J connectivity index is 2.10. The molecule has 0 aromatic heterocycles. The van der Waals surface area contributed by atoms with Crippen LogP contribution in [-0.4, -0.2) is 12.7 Å². The van der Waals surface area contributed by atoms with Gasteiger partial charge in [-0.1, -0.05) is 25.0 Å². The third-order valence-electron chi connectivity index (χ3n) is 2.44. The second-order valence-electron chi connectivity index (χ2n) is 3.67. The van der Waals surface area contributed by atoms with Gasteiger partial charge in [0.15, 0.2) is 0 Å². The zero-order chi connectivity index (χ0) is 8.81. The van der Waals surface area contributed by atoms with Crippen LogP contribution in [0.25, 0.3) is 0 Å². The Kier molecular flexibility index (Phi) is 4.37. The van der Waals surface area contributed by atoms with Crippen LogP contribution < -0.4 is 0 Å². The molecule has 1 aliphatic carbocycles. The van der Waals surface area contributed by atoms with Crippen LogP contribution in [0.15, 0.2) is 11.6 Å². The van der Waals surface area contributed by atoms with Crippen LogP contribution in [-0.2, 0) is 4.74 Å². The molecule has 0 saturated carbocycles. The first-order valence-corrected chi connectivity index (χ1v) is 5.10. The van der Waals surface area contributed by atoms with Crippen LogP contribution in [0.5, 0.6) is 0 Å². The molecule has 0 bridgehead atoms. The van der Waals surface area contributed by atoms with E-state index in [9.17, 15) is 0 Å². The summed E-state index contributed by atoms with van der Waals surface area (Å²) in [4.78, 5) is 0. The quantitative estimate of drug-likeness (QED) is 0.462. The molecular weight excluding hydrogens is 148 g/mol. The molecule has 0 heterocycles. The molecule has 12 heavy (non-hydrogen) atoms. The van der Waals surface area contributed by atoms with Crippen LogP contribution in [0.3, 0.4) is 0 Å². The van der Waals surface area contributed by atoms with Gasteiger partial charge in [-0.25, -0.2) is 0 Å². The molecule has 0 aromatic carbocycles. The minimum absolute atomic E-state index is 0.514. The number of rotatable bonds is 4. The molecule has 0 spiro atoms. The van der Waals surface area contributed by atoms with Crippen molar-refractivity contribution < 1.29 is 4.74 Å². The molecule has 0 radical (unpaired) electrons. The molecule has 0 fully saturated rings. The Morgan fingerprint density at radius 3 is 3.00 bits per heavy atom. The van der Waals surface area contributed by atoms with Crippen LogP contribution in [0.2, 0.25) is 0 Å². The summed E-state index contributed by atoms with van der Waals surface area (Å²) in [5, 5.41) is 0. The highest BCUT2D eigenvalue weighted by molar-refractivity contribution is 5.03. The highest BCUT2D eigenvalue weighted by atomic mass is 16.5. The fourth-order valence-electron chi connectivity index (χ4n) is 1.49. The van der Waals surface area contributed by atoms with E-state index < -0.39 is 0 Å². The van der Waals surface area contributed by atoms with Crippen molar-refractivity contribution in [1.82, 2.24) is 0 Å². The van der Waals surface area contributed by atoms with Gasteiger partial charge >= 0.3 is 0 Å². The summed E-state index contributed by atoms with van der Waals surface area (Å²) >= 11 is 0. The molecule has 70 valence electrons. The molecule has 1 heteroatoms. The summed E-state index contributed by atoms with van der Waals surface area (Å²) < 4.78 is 5.73. The molecule has 1 unspecified atom stereocenters. The summed E-state index contributed by atoms with van der Waals surface area (Å²) in [5.74, 6) is 0. The number of unbranched alkanes of at least 4 members (excludes halogenated alkanes) is 1. The maximum atomic E-state index is 5.73. The lowest BCUT2D eigenvalue weighted by Gasteiger charge is -2.20. The fourth-order valence-corrected chi connectivity index (χ4v) is 1.49. The van der Waals surface area contributed by atoms with E-state index in [4.69, 9.17) is 4.74 Å². The van der Waals surface area contributed by atoms with E-state index in [1.165, 1.54) is 31.3 Å². The summed E-state index contributed by atoms with van der Waals surface area (Å²) in [5.41, 5.74) is 1.53. The Morgan fingerprint density at radius 2 is 2.42 bits per heavy atom. The van der Waals surface area contributed by atoms with Crippen molar-refractivity contribution in [2.24, 2.45) is 0 Å². The Hall–Kier alpha value is -0.300. The van der Waals surface area contributed by atoms with Gasteiger partial charge in [0.1, 0.15) is 0 Å². The van der Waals surface area contributed by atoms with E-state index in [1.807, 2.05) is 0 Å². The van der Waals surface area contributed by atoms with Crippen LogP contribution in [0, 0.1) is 0 Å². The molecule has 1 nitrogen and oxygen atoms in total. The van der Waals surface area contributed by atoms with Gasteiger partial charge in [0, 0.05) is 6.61 Å². The number of hydrogen-bond donors (Lipinski definition) is 0. The van der Waals surface area contributed by atoms with Crippen molar-refractivity contribution in [2.75, 3.05) is 6.61 Å². The van der Waals surface area contributed by atoms with Crippen molar-refractivity contribution in [3.05, 3.63) is 11.6 Å².